The number of imide groups is 1. The number of hydrogen-bond donors (Lipinski definition) is 3. The first-order valence-corrected chi connectivity index (χ1v) is 14.6. The average molecular weight is 648 g/mol. The van der Waals surface area contributed by atoms with Crippen LogP contribution in [-0.2, 0) is 19.1 Å². The van der Waals surface area contributed by atoms with Gasteiger partial charge in [0.15, 0.2) is 0 Å². The zero-order valence-corrected chi connectivity index (χ0v) is 25.4. The van der Waals surface area contributed by atoms with Crippen LogP contribution >= 0.6 is 0 Å². The van der Waals surface area contributed by atoms with Crippen molar-refractivity contribution in [3.05, 3.63) is 29.8 Å². The van der Waals surface area contributed by atoms with Crippen LogP contribution in [0.4, 0.5) is 32.4 Å². The lowest BCUT2D eigenvalue weighted by atomic mass is 9.93. The van der Waals surface area contributed by atoms with Crippen LogP contribution in [0.3, 0.4) is 0 Å². The van der Waals surface area contributed by atoms with Gasteiger partial charge in [0, 0.05) is 24.3 Å². The summed E-state index contributed by atoms with van der Waals surface area (Å²) in [6.07, 6.45) is -5.88. The molecule has 0 bridgehead atoms. The monoisotopic (exact) mass is 647 g/mol. The molecule has 3 atom stereocenters. The number of hydrogen-bond acceptors (Lipinski definition) is 7. The lowest BCUT2D eigenvalue weighted by molar-refractivity contribution is -0.271. The Labute approximate surface area is 257 Å². The zero-order valence-electron chi connectivity index (χ0n) is 25.4. The molecule has 16 heteroatoms. The Bertz CT molecular complexity index is 1250. The molecule has 11 nitrogen and oxygen atoms in total. The predicted octanol–water partition coefficient (Wildman–Crippen LogP) is 3.20. The highest BCUT2D eigenvalue weighted by Crippen LogP contribution is 2.39. The minimum absolute atomic E-state index is 0.0142. The van der Waals surface area contributed by atoms with Gasteiger partial charge in [-0.25, -0.2) is 4.79 Å². The molecule has 0 aromatic heterocycles. The van der Waals surface area contributed by atoms with Crippen LogP contribution in [0.1, 0.15) is 50.9 Å². The van der Waals surface area contributed by atoms with E-state index in [0.717, 1.165) is 4.90 Å². The molecule has 250 valence electrons. The molecule has 2 fully saturated rings. The van der Waals surface area contributed by atoms with E-state index in [2.05, 4.69) is 16.0 Å². The van der Waals surface area contributed by atoms with E-state index >= 15 is 0 Å². The number of morpholine rings is 1. The van der Waals surface area contributed by atoms with Crippen LogP contribution in [0.5, 0.6) is 0 Å². The highest BCUT2D eigenvalue weighted by atomic mass is 19.4. The minimum Gasteiger partial charge on any atom is -0.378 e. The molecule has 2 aliphatic rings. The second kappa shape index (κ2) is 14.6. The van der Waals surface area contributed by atoms with Crippen molar-refractivity contribution in [2.45, 2.75) is 70.8 Å². The summed E-state index contributed by atoms with van der Waals surface area (Å²) in [5.41, 5.74) is 0.578. The van der Waals surface area contributed by atoms with Crippen molar-refractivity contribution in [3.63, 3.8) is 0 Å². The Morgan fingerprint density at radius 2 is 1.49 bits per heavy atom. The molecule has 2 heterocycles. The van der Waals surface area contributed by atoms with Crippen LogP contribution in [0.15, 0.2) is 24.3 Å². The number of ether oxygens (including phenoxy) is 1. The molecule has 3 rings (SSSR count). The van der Waals surface area contributed by atoms with Crippen molar-refractivity contribution in [2.24, 2.45) is 11.8 Å². The number of benzene rings is 1. The number of halogens is 5. The fraction of sp³-hybridized carbons (Fsp3) is 0.621. The SMILES string of the molecule is CC(C)C(C(=O)C(F)(F)C(F)(F)F)N1CCC[C@H]1C(=O)NC(=O)[C@@H](NC(=O)c1ccc(NC(=O)N2CCOCC2)cc1)C(C)C. The zero-order chi connectivity index (χ0) is 33.7. The number of nitrogens with one attached hydrogen (secondary N) is 3. The number of rotatable bonds is 10. The predicted molar refractivity (Wildman–Crippen MR) is 151 cm³/mol. The van der Waals surface area contributed by atoms with E-state index in [1.165, 1.54) is 38.1 Å². The van der Waals surface area contributed by atoms with Gasteiger partial charge in [0.2, 0.25) is 17.6 Å². The molecule has 1 aromatic carbocycles. The van der Waals surface area contributed by atoms with Crippen LogP contribution in [0.25, 0.3) is 0 Å². The third-order valence-corrected chi connectivity index (χ3v) is 7.70. The Morgan fingerprint density at radius 1 is 0.889 bits per heavy atom. The fourth-order valence-electron chi connectivity index (χ4n) is 5.28. The van der Waals surface area contributed by atoms with Crippen molar-refractivity contribution in [2.75, 3.05) is 38.2 Å². The number of likely N-dealkylation sites (tertiary alicyclic amines) is 1. The van der Waals surface area contributed by atoms with Crippen LogP contribution < -0.4 is 16.0 Å². The van der Waals surface area contributed by atoms with Gasteiger partial charge in [-0.3, -0.25) is 29.4 Å². The minimum atomic E-state index is -6.11. The van der Waals surface area contributed by atoms with E-state index in [1.807, 2.05) is 0 Å². The number of carbonyl (C=O) groups excluding carboxylic acids is 5. The van der Waals surface area contributed by atoms with Gasteiger partial charge in [0.05, 0.1) is 25.3 Å². The van der Waals surface area contributed by atoms with Gasteiger partial charge in [-0.1, -0.05) is 27.7 Å². The van der Waals surface area contributed by atoms with Crippen molar-refractivity contribution in [1.29, 1.82) is 0 Å². The summed E-state index contributed by atoms with van der Waals surface area (Å²) in [5, 5.41) is 7.40. The molecule has 0 radical (unpaired) electrons. The van der Waals surface area contributed by atoms with Crippen molar-refractivity contribution < 1.29 is 50.7 Å². The largest absolute Gasteiger partial charge is 0.461 e. The van der Waals surface area contributed by atoms with E-state index in [1.54, 1.807) is 18.7 Å². The molecule has 3 N–H and O–H groups in total. The third kappa shape index (κ3) is 8.54. The molecule has 5 amide bonds. The molecule has 0 aliphatic carbocycles. The van der Waals surface area contributed by atoms with Crippen LogP contribution in [-0.4, -0.2) is 102 Å². The topological polar surface area (TPSA) is 137 Å². The van der Waals surface area contributed by atoms with Crippen molar-refractivity contribution >= 4 is 35.2 Å². The molecule has 1 unspecified atom stereocenters. The first-order valence-electron chi connectivity index (χ1n) is 14.6. The highest BCUT2D eigenvalue weighted by molar-refractivity contribution is 6.04. The Balaban J connectivity index is 1.66. The molecule has 45 heavy (non-hydrogen) atoms. The molecule has 1 aromatic rings. The fourth-order valence-corrected chi connectivity index (χ4v) is 5.28. The smallest absolute Gasteiger partial charge is 0.378 e. The van der Waals surface area contributed by atoms with Crippen molar-refractivity contribution in [3.8, 4) is 0 Å². The maximum atomic E-state index is 14.0. The molecular formula is C29H38F5N5O6. The number of alkyl halides is 5. The lowest BCUT2D eigenvalue weighted by Gasteiger charge is -2.36. The number of anilines is 1. The number of amides is 5. The number of urea groups is 1. The van der Waals surface area contributed by atoms with E-state index in [9.17, 15) is 45.9 Å². The van der Waals surface area contributed by atoms with Gasteiger partial charge in [0.25, 0.3) is 5.91 Å². The van der Waals surface area contributed by atoms with E-state index in [-0.39, 0.29) is 31.0 Å². The van der Waals surface area contributed by atoms with Gasteiger partial charge >= 0.3 is 18.1 Å². The summed E-state index contributed by atoms with van der Waals surface area (Å²) < 4.78 is 72.2. The molecule has 0 saturated carbocycles. The summed E-state index contributed by atoms with van der Waals surface area (Å²) in [6, 6.07) is 1.07. The van der Waals surface area contributed by atoms with Crippen LogP contribution in [0.2, 0.25) is 0 Å². The molecule has 0 spiro atoms. The van der Waals surface area contributed by atoms with E-state index < -0.39 is 65.6 Å². The van der Waals surface area contributed by atoms with Gasteiger partial charge in [0.1, 0.15) is 6.04 Å². The summed E-state index contributed by atoms with van der Waals surface area (Å²) in [6.45, 7) is 7.43. The normalized spacial score (nSPS) is 19.3. The quantitative estimate of drug-likeness (QED) is 0.332. The third-order valence-electron chi connectivity index (χ3n) is 7.70. The maximum Gasteiger partial charge on any atom is 0.461 e. The maximum absolute atomic E-state index is 14.0. The van der Waals surface area contributed by atoms with Gasteiger partial charge < -0.3 is 20.3 Å². The van der Waals surface area contributed by atoms with Gasteiger partial charge in [-0.05, 0) is 55.5 Å². The highest BCUT2D eigenvalue weighted by Gasteiger charge is 2.65. The Morgan fingerprint density at radius 3 is 2.02 bits per heavy atom. The average Bonchev–Trinajstić information content (AvgIpc) is 3.45. The molecule has 2 saturated heterocycles. The summed E-state index contributed by atoms with van der Waals surface area (Å²) in [4.78, 5) is 66.6. The lowest BCUT2D eigenvalue weighted by Crippen LogP contribution is -2.60. The van der Waals surface area contributed by atoms with Crippen LogP contribution in [0, 0.1) is 11.8 Å². The Kier molecular flexibility index (Phi) is 11.6. The second-order valence-electron chi connectivity index (χ2n) is 11.7. The summed E-state index contributed by atoms with van der Waals surface area (Å²) >= 11 is 0. The molecular weight excluding hydrogens is 609 g/mol. The standard InChI is InChI=1S/C29H38F5N5O6/c1-16(2)21(36-24(41)18-7-9-19(10-8-18)35-27(44)38-12-14-45-15-13-38)26(43)37-25(42)20-6-5-11-39(20)22(17(3)4)23(40)28(30,31)29(32,33)34/h7-10,16-17,20-22H,5-6,11-15H2,1-4H3,(H,35,44)(H,36,41)(H,37,42,43)/t20-,21-,22?/m0/s1. The summed E-state index contributed by atoms with van der Waals surface area (Å²) in [5.74, 6) is -12.1. The van der Waals surface area contributed by atoms with E-state index in [0.29, 0.717) is 32.0 Å². The number of Topliss-reactive ketones (excluding diaryl/α,β-unsaturated/α-hetero) is 1. The first kappa shape index (κ1) is 35.8. The van der Waals surface area contributed by atoms with Gasteiger partial charge in [-0.15, -0.1) is 0 Å². The second-order valence-corrected chi connectivity index (χ2v) is 11.7. The van der Waals surface area contributed by atoms with E-state index in [4.69, 9.17) is 4.74 Å². The Hall–Kier alpha value is -3.66. The first-order chi connectivity index (χ1) is 21.0. The summed E-state index contributed by atoms with van der Waals surface area (Å²) in [7, 11) is 0. The number of nitrogens with zero attached hydrogens (tertiary/aromatic N) is 2. The number of ketones is 1. The van der Waals surface area contributed by atoms with Crippen molar-refractivity contribution in [1.82, 2.24) is 20.4 Å². The number of carbonyl (C=O) groups is 5. The molecule has 2 aliphatic heterocycles. The van der Waals surface area contributed by atoms with Gasteiger partial charge in [-0.2, -0.15) is 22.0 Å².